The molecule has 0 aromatic heterocycles. The summed E-state index contributed by atoms with van der Waals surface area (Å²) in [6.07, 6.45) is 1.96. The number of hydrogen-bond acceptors (Lipinski definition) is 7. The van der Waals surface area contributed by atoms with Crippen molar-refractivity contribution in [1.29, 1.82) is 0 Å². The Labute approximate surface area is 174 Å². The van der Waals surface area contributed by atoms with Crippen LogP contribution in [0.5, 0.6) is 0 Å². The van der Waals surface area contributed by atoms with Crippen LogP contribution in [0.3, 0.4) is 0 Å². The second kappa shape index (κ2) is 13.8. The van der Waals surface area contributed by atoms with Crippen molar-refractivity contribution in [3.63, 3.8) is 0 Å². The molecule has 0 rings (SSSR count). The smallest absolute Gasteiger partial charge is 0.326 e. The molecule has 0 aliphatic rings. The van der Waals surface area contributed by atoms with Gasteiger partial charge in [0.25, 0.3) is 0 Å². The molecular weight excluding hydrogens is 402 g/mol. The highest BCUT2D eigenvalue weighted by Gasteiger charge is 2.28. The monoisotopic (exact) mass is 433 g/mol. The van der Waals surface area contributed by atoms with Gasteiger partial charge in [0.2, 0.25) is 23.6 Å². The Morgan fingerprint density at radius 3 is 2.14 bits per heavy atom. The lowest BCUT2D eigenvalue weighted by molar-refractivity contribution is -0.142. The zero-order valence-electron chi connectivity index (χ0n) is 16.9. The van der Waals surface area contributed by atoms with Crippen LogP contribution >= 0.6 is 11.8 Å². The predicted molar refractivity (Wildman–Crippen MR) is 109 cm³/mol. The van der Waals surface area contributed by atoms with E-state index in [0.717, 1.165) is 0 Å². The van der Waals surface area contributed by atoms with Crippen molar-refractivity contribution in [3.05, 3.63) is 0 Å². The molecule has 0 aliphatic heterocycles. The summed E-state index contributed by atoms with van der Waals surface area (Å²) in [5.74, 6) is -3.53. The fraction of sp³-hybridized carbons (Fsp3) is 0.706. The molecular formula is C17H31N5O6S. The first kappa shape index (κ1) is 26.7. The van der Waals surface area contributed by atoms with Crippen LogP contribution < -0.4 is 27.4 Å². The van der Waals surface area contributed by atoms with Crippen molar-refractivity contribution in [2.24, 2.45) is 17.4 Å². The molecule has 0 aliphatic carbocycles. The molecule has 3 atom stereocenters. The van der Waals surface area contributed by atoms with Crippen molar-refractivity contribution in [1.82, 2.24) is 16.0 Å². The minimum absolute atomic E-state index is 0.00823. The normalized spacial score (nSPS) is 13.8. The summed E-state index contributed by atoms with van der Waals surface area (Å²) >= 11 is 1.53. The van der Waals surface area contributed by atoms with E-state index < -0.39 is 60.7 Å². The number of primary amides is 1. The summed E-state index contributed by atoms with van der Waals surface area (Å²) in [4.78, 5) is 58.8. The van der Waals surface area contributed by atoms with Crippen molar-refractivity contribution in [2.75, 3.05) is 18.6 Å². The van der Waals surface area contributed by atoms with Gasteiger partial charge >= 0.3 is 5.97 Å². The van der Waals surface area contributed by atoms with Crippen molar-refractivity contribution < 1.29 is 29.1 Å². The van der Waals surface area contributed by atoms with Gasteiger partial charge in [0.05, 0.1) is 19.0 Å². The molecule has 29 heavy (non-hydrogen) atoms. The number of nitrogens with one attached hydrogen (secondary N) is 3. The fourth-order valence-electron chi connectivity index (χ4n) is 2.30. The average molecular weight is 434 g/mol. The van der Waals surface area contributed by atoms with E-state index >= 15 is 0 Å². The molecule has 0 spiro atoms. The van der Waals surface area contributed by atoms with E-state index in [1.807, 2.05) is 6.26 Å². The fourth-order valence-corrected chi connectivity index (χ4v) is 2.79. The summed E-state index contributed by atoms with van der Waals surface area (Å²) in [7, 11) is 0. The number of hydrogen-bond donors (Lipinski definition) is 6. The zero-order valence-corrected chi connectivity index (χ0v) is 17.7. The molecule has 0 saturated heterocycles. The van der Waals surface area contributed by atoms with E-state index in [9.17, 15) is 29.1 Å². The third-order valence-corrected chi connectivity index (χ3v) is 4.42. The Bertz CT molecular complexity index is 601. The quantitative estimate of drug-likeness (QED) is 0.184. The molecule has 3 unspecified atom stereocenters. The highest BCUT2D eigenvalue weighted by Crippen LogP contribution is 2.06. The minimum atomic E-state index is -1.36. The molecule has 0 bridgehead atoms. The van der Waals surface area contributed by atoms with Gasteiger partial charge in [-0.25, -0.2) is 4.79 Å². The second-order valence-corrected chi connectivity index (χ2v) is 7.91. The van der Waals surface area contributed by atoms with E-state index in [0.29, 0.717) is 12.2 Å². The summed E-state index contributed by atoms with van der Waals surface area (Å²) < 4.78 is 0. The molecule has 0 aromatic carbocycles. The Morgan fingerprint density at radius 2 is 1.66 bits per heavy atom. The molecule has 166 valence electrons. The van der Waals surface area contributed by atoms with Gasteiger partial charge in [-0.1, -0.05) is 13.8 Å². The highest BCUT2D eigenvalue weighted by atomic mass is 32.2. The van der Waals surface area contributed by atoms with Gasteiger partial charge in [0.1, 0.15) is 12.1 Å². The number of rotatable bonds is 14. The Morgan fingerprint density at radius 1 is 1.03 bits per heavy atom. The predicted octanol–water partition coefficient (Wildman–Crippen LogP) is -1.84. The van der Waals surface area contributed by atoms with Crippen molar-refractivity contribution in [3.8, 4) is 0 Å². The van der Waals surface area contributed by atoms with Gasteiger partial charge in [0.15, 0.2) is 0 Å². The highest BCUT2D eigenvalue weighted by molar-refractivity contribution is 7.98. The number of thioether (sulfide) groups is 1. The maximum atomic E-state index is 12.4. The van der Waals surface area contributed by atoms with Crippen molar-refractivity contribution >= 4 is 41.4 Å². The first-order chi connectivity index (χ1) is 13.5. The molecule has 8 N–H and O–H groups in total. The van der Waals surface area contributed by atoms with Crippen LogP contribution in [0.4, 0.5) is 0 Å². The van der Waals surface area contributed by atoms with Crippen LogP contribution in [0.15, 0.2) is 0 Å². The SMILES string of the molecule is CSCCC(N)C(=O)NCC(=O)NC(CC(N)=O)C(=O)NC(CC(C)C)C(=O)O. The number of nitrogens with two attached hydrogens (primary N) is 2. The molecule has 0 aromatic rings. The molecule has 0 heterocycles. The molecule has 0 radical (unpaired) electrons. The van der Waals surface area contributed by atoms with E-state index in [-0.39, 0.29) is 12.3 Å². The number of carbonyl (C=O) groups is 5. The van der Waals surface area contributed by atoms with Crippen LogP contribution in [0, 0.1) is 5.92 Å². The van der Waals surface area contributed by atoms with E-state index in [4.69, 9.17) is 11.5 Å². The van der Waals surface area contributed by atoms with Gasteiger partial charge in [-0.3, -0.25) is 19.2 Å². The van der Waals surface area contributed by atoms with Gasteiger partial charge in [-0.15, -0.1) is 0 Å². The number of carboxylic acid groups (broad SMARTS) is 1. The molecule has 11 nitrogen and oxygen atoms in total. The average Bonchev–Trinajstić information content (AvgIpc) is 2.61. The largest absolute Gasteiger partial charge is 0.480 e. The molecule has 12 heteroatoms. The third-order valence-electron chi connectivity index (χ3n) is 3.77. The minimum Gasteiger partial charge on any atom is -0.480 e. The Hall–Kier alpha value is -2.34. The topological polar surface area (TPSA) is 194 Å². The number of carbonyl (C=O) groups excluding carboxylic acids is 4. The molecule has 4 amide bonds. The van der Waals surface area contributed by atoms with Crippen LogP contribution in [-0.2, 0) is 24.0 Å². The zero-order chi connectivity index (χ0) is 22.6. The van der Waals surface area contributed by atoms with E-state index in [2.05, 4.69) is 16.0 Å². The summed E-state index contributed by atoms with van der Waals surface area (Å²) in [5, 5.41) is 16.1. The lowest BCUT2D eigenvalue weighted by Gasteiger charge is -2.22. The second-order valence-electron chi connectivity index (χ2n) is 6.93. The van der Waals surface area contributed by atoms with Crippen LogP contribution in [0.25, 0.3) is 0 Å². The number of carboxylic acids is 1. The lowest BCUT2D eigenvalue weighted by atomic mass is 10.0. The summed E-state index contributed by atoms with van der Waals surface area (Å²) in [6, 6.07) is -3.31. The number of amides is 4. The van der Waals surface area contributed by atoms with Gasteiger partial charge < -0.3 is 32.5 Å². The van der Waals surface area contributed by atoms with Crippen LogP contribution in [0.1, 0.15) is 33.1 Å². The van der Waals surface area contributed by atoms with Crippen molar-refractivity contribution in [2.45, 2.75) is 51.2 Å². The Kier molecular flexibility index (Phi) is 12.7. The Balaban J connectivity index is 4.86. The lowest BCUT2D eigenvalue weighted by Crippen LogP contribution is -2.54. The maximum Gasteiger partial charge on any atom is 0.326 e. The van der Waals surface area contributed by atoms with Gasteiger partial charge in [-0.2, -0.15) is 11.8 Å². The van der Waals surface area contributed by atoms with Gasteiger partial charge in [-0.05, 0) is 30.8 Å². The van der Waals surface area contributed by atoms with E-state index in [1.54, 1.807) is 13.8 Å². The van der Waals surface area contributed by atoms with Gasteiger partial charge in [0, 0.05) is 0 Å². The maximum absolute atomic E-state index is 12.4. The van der Waals surface area contributed by atoms with Crippen LogP contribution in [0.2, 0.25) is 0 Å². The molecule has 0 fully saturated rings. The number of aliphatic carboxylic acids is 1. The summed E-state index contributed by atoms with van der Waals surface area (Å²) in [6.45, 7) is 3.12. The van der Waals surface area contributed by atoms with E-state index in [1.165, 1.54) is 11.8 Å². The standard InChI is InChI=1S/C17H31N5O6S/c1-9(2)6-12(17(27)28)22-16(26)11(7-13(19)23)21-14(24)8-20-15(25)10(18)4-5-29-3/h9-12H,4-8,18H2,1-3H3,(H2,19,23)(H,20,25)(H,21,24)(H,22,26)(H,27,28). The third kappa shape index (κ3) is 12.0. The van der Waals surface area contributed by atoms with Crippen LogP contribution in [-0.4, -0.2) is 71.4 Å². The molecule has 0 saturated carbocycles. The first-order valence-electron chi connectivity index (χ1n) is 9.10. The first-order valence-corrected chi connectivity index (χ1v) is 10.5. The summed E-state index contributed by atoms with van der Waals surface area (Å²) in [5.41, 5.74) is 10.8.